The van der Waals surface area contributed by atoms with Crippen molar-refractivity contribution in [2.45, 2.75) is 55.8 Å². The number of aromatic nitrogens is 1. The highest BCUT2D eigenvalue weighted by atomic mass is 32.1. The van der Waals surface area contributed by atoms with Gasteiger partial charge in [0.05, 0.1) is 10.7 Å². The topological polar surface area (TPSA) is 50.2 Å². The third-order valence-corrected chi connectivity index (χ3v) is 5.19. The number of thiazole rings is 1. The Hall–Kier alpha value is -1.04. The third kappa shape index (κ3) is 2.26. The average molecular weight is 287 g/mol. The zero-order chi connectivity index (χ0) is 13.7. The zero-order valence-electron chi connectivity index (χ0n) is 10.4. The van der Waals surface area contributed by atoms with Crippen molar-refractivity contribution in [1.29, 1.82) is 0 Å². The van der Waals surface area contributed by atoms with E-state index in [2.05, 4.69) is 4.98 Å². The molecule has 0 radical (unpaired) electrons. The minimum atomic E-state index is -2.73. The van der Waals surface area contributed by atoms with Crippen molar-refractivity contribution in [3.05, 3.63) is 16.1 Å². The number of rotatable bonds is 3. The van der Waals surface area contributed by atoms with Crippen LogP contribution in [0.15, 0.2) is 5.38 Å². The van der Waals surface area contributed by atoms with Crippen molar-refractivity contribution in [2.24, 2.45) is 0 Å². The second kappa shape index (κ2) is 4.23. The monoisotopic (exact) mass is 287 g/mol. The molecule has 0 unspecified atom stereocenters. The molecule has 0 amide bonds. The molecular weight excluding hydrogens is 272 g/mol. The van der Waals surface area contributed by atoms with Gasteiger partial charge >= 0.3 is 5.97 Å². The van der Waals surface area contributed by atoms with E-state index in [0.29, 0.717) is 11.6 Å². The molecule has 1 aromatic heterocycles. The van der Waals surface area contributed by atoms with Crippen LogP contribution in [0, 0.1) is 0 Å². The van der Waals surface area contributed by atoms with Gasteiger partial charge in [0, 0.05) is 24.1 Å². The van der Waals surface area contributed by atoms with Crippen molar-refractivity contribution in [1.82, 2.24) is 4.98 Å². The van der Waals surface area contributed by atoms with E-state index in [1.807, 2.05) is 0 Å². The Morgan fingerprint density at radius 3 is 2.47 bits per heavy atom. The fraction of sp³-hybridized carbons (Fsp3) is 0.692. The van der Waals surface area contributed by atoms with E-state index in [4.69, 9.17) is 0 Å². The SMILES string of the molecule is O=C(O)C1(c2csc(C3CC3)n2)CCC(F)(F)CC1. The van der Waals surface area contributed by atoms with E-state index in [1.165, 1.54) is 11.3 Å². The van der Waals surface area contributed by atoms with E-state index in [9.17, 15) is 18.7 Å². The maximum Gasteiger partial charge on any atom is 0.315 e. The molecule has 0 spiro atoms. The van der Waals surface area contributed by atoms with Gasteiger partial charge < -0.3 is 5.11 Å². The fourth-order valence-corrected chi connectivity index (χ4v) is 3.74. The summed E-state index contributed by atoms with van der Waals surface area (Å²) in [4.78, 5) is 16.0. The van der Waals surface area contributed by atoms with Crippen molar-refractivity contribution in [3.63, 3.8) is 0 Å². The summed E-state index contributed by atoms with van der Waals surface area (Å²) < 4.78 is 26.5. The highest BCUT2D eigenvalue weighted by Crippen LogP contribution is 2.48. The Bertz CT molecular complexity index is 500. The van der Waals surface area contributed by atoms with Crippen LogP contribution in [0.2, 0.25) is 0 Å². The number of hydrogen-bond donors (Lipinski definition) is 1. The van der Waals surface area contributed by atoms with Gasteiger partial charge in [-0.2, -0.15) is 0 Å². The maximum absolute atomic E-state index is 13.3. The molecule has 0 saturated heterocycles. The van der Waals surface area contributed by atoms with Crippen LogP contribution in [0.3, 0.4) is 0 Å². The Labute approximate surface area is 113 Å². The van der Waals surface area contributed by atoms with Crippen LogP contribution in [0.1, 0.15) is 55.1 Å². The number of carbonyl (C=O) groups is 1. The number of carboxylic acids is 1. The number of carboxylic acid groups (broad SMARTS) is 1. The first-order chi connectivity index (χ1) is 8.93. The molecule has 0 bridgehead atoms. The van der Waals surface area contributed by atoms with E-state index in [0.717, 1.165) is 17.8 Å². The summed E-state index contributed by atoms with van der Waals surface area (Å²) in [7, 11) is 0. The Morgan fingerprint density at radius 1 is 1.32 bits per heavy atom. The van der Waals surface area contributed by atoms with E-state index >= 15 is 0 Å². The minimum Gasteiger partial charge on any atom is -0.481 e. The average Bonchev–Trinajstić information content (AvgIpc) is 3.08. The molecule has 6 heteroatoms. The molecule has 3 rings (SSSR count). The summed E-state index contributed by atoms with van der Waals surface area (Å²) in [6.07, 6.45) is 1.42. The molecule has 2 fully saturated rings. The number of halogens is 2. The first-order valence-corrected chi connectivity index (χ1v) is 7.38. The van der Waals surface area contributed by atoms with Gasteiger partial charge in [-0.1, -0.05) is 0 Å². The molecule has 2 aliphatic rings. The molecule has 0 aliphatic heterocycles. The lowest BCUT2D eigenvalue weighted by molar-refractivity contribution is -0.149. The van der Waals surface area contributed by atoms with E-state index < -0.39 is 17.3 Å². The second-order valence-corrected chi connectivity index (χ2v) is 6.48. The van der Waals surface area contributed by atoms with Crippen LogP contribution in [0.25, 0.3) is 0 Å². The largest absolute Gasteiger partial charge is 0.481 e. The first-order valence-electron chi connectivity index (χ1n) is 6.50. The molecule has 2 saturated carbocycles. The zero-order valence-corrected chi connectivity index (χ0v) is 11.2. The number of aliphatic carboxylic acids is 1. The summed E-state index contributed by atoms with van der Waals surface area (Å²) in [5.41, 5.74) is -0.715. The maximum atomic E-state index is 13.3. The summed E-state index contributed by atoms with van der Waals surface area (Å²) >= 11 is 1.47. The highest BCUT2D eigenvalue weighted by Gasteiger charge is 2.50. The van der Waals surface area contributed by atoms with Crippen LogP contribution >= 0.6 is 11.3 Å². The number of hydrogen-bond acceptors (Lipinski definition) is 3. The Morgan fingerprint density at radius 2 is 1.95 bits per heavy atom. The van der Waals surface area contributed by atoms with Gasteiger partial charge in [0.15, 0.2) is 0 Å². The molecular formula is C13H15F2NO2S. The van der Waals surface area contributed by atoms with Crippen LogP contribution in [-0.2, 0) is 10.2 Å². The predicted octanol–water partition coefficient (Wildman–Crippen LogP) is 3.55. The third-order valence-electron chi connectivity index (χ3n) is 4.18. The predicted molar refractivity (Wildman–Crippen MR) is 66.8 cm³/mol. The summed E-state index contributed by atoms with van der Waals surface area (Å²) in [6, 6.07) is 0. The quantitative estimate of drug-likeness (QED) is 0.925. The van der Waals surface area contributed by atoms with Crippen LogP contribution < -0.4 is 0 Å². The Kier molecular flexibility index (Phi) is 2.89. The van der Waals surface area contributed by atoms with Gasteiger partial charge in [0.25, 0.3) is 0 Å². The Balaban J connectivity index is 1.89. The number of nitrogens with zero attached hydrogens (tertiary/aromatic N) is 1. The molecule has 2 aliphatic carbocycles. The van der Waals surface area contributed by atoms with Crippen molar-refractivity contribution >= 4 is 17.3 Å². The summed E-state index contributed by atoms with van der Waals surface area (Å²) in [6.45, 7) is 0. The van der Waals surface area contributed by atoms with Gasteiger partial charge in [-0.3, -0.25) is 4.79 Å². The van der Waals surface area contributed by atoms with E-state index in [1.54, 1.807) is 5.38 Å². The molecule has 1 aromatic rings. The van der Waals surface area contributed by atoms with Gasteiger partial charge in [0.1, 0.15) is 5.41 Å². The van der Waals surface area contributed by atoms with Crippen LogP contribution in [-0.4, -0.2) is 22.0 Å². The number of alkyl halides is 2. The van der Waals surface area contributed by atoms with Crippen LogP contribution in [0.5, 0.6) is 0 Å². The lowest BCUT2D eigenvalue weighted by Crippen LogP contribution is -2.43. The van der Waals surface area contributed by atoms with Gasteiger partial charge in [-0.05, 0) is 25.7 Å². The van der Waals surface area contributed by atoms with Gasteiger partial charge in [-0.15, -0.1) is 11.3 Å². The smallest absolute Gasteiger partial charge is 0.315 e. The van der Waals surface area contributed by atoms with Gasteiger partial charge in [0.2, 0.25) is 5.92 Å². The lowest BCUT2D eigenvalue weighted by atomic mass is 9.71. The molecule has 0 atom stereocenters. The molecule has 3 nitrogen and oxygen atoms in total. The highest BCUT2D eigenvalue weighted by molar-refractivity contribution is 7.09. The normalized spacial score (nSPS) is 25.2. The lowest BCUT2D eigenvalue weighted by Gasteiger charge is -2.35. The van der Waals surface area contributed by atoms with Crippen molar-refractivity contribution in [3.8, 4) is 0 Å². The molecule has 104 valence electrons. The minimum absolute atomic E-state index is 0.0246. The summed E-state index contributed by atoms with van der Waals surface area (Å²) in [5.74, 6) is -3.28. The van der Waals surface area contributed by atoms with Crippen molar-refractivity contribution < 1.29 is 18.7 Å². The molecule has 1 N–H and O–H groups in total. The second-order valence-electron chi connectivity index (χ2n) is 5.59. The first kappa shape index (κ1) is 13.0. The summed E-state index contributed by atoms with van der Waals surface area (Å²) in [5, 5.41) is 12.2. The van der Waals surface area contributed by atoms with E-state index in [-0.39, 0.29) is 25.7 Å². The molecule has 1 heterocycles. The standard InChI is InChI=1S/C13H15F2NO2S/c14-13(15)5-3-12(4-6-13,11(17)18)9-7-19-10(16-9)8-1-2-8/h7-8H,1-6H2,(H,17,18). The fourth-order valence-electron chi connectivity index (χ4n) is 2.65. The molecule has 19 heavy (non-hydrogen) atoms. The van der Waals surface area contributed by atoms with Crippen LogP contribution in [0.4, 0.5) is 8.78 Å². The molecule has 0 aromatic carbocycles. The van der Waals surface area contributed by atoms with Crippen molar-refractivity contribution in [2.75, 3.05) is 0 Å². The van der Waals surface area contributed by atoms with Gasteiger partial charge in [-0.25, -0.2) is 13.8 Å².